The summed E-state index contributed by atoms with van der Waals surface area (Å²) in [4.78, 5) is 13.5. The van der Waals surface area contributed by atoms with Crippen molar-refractivity contribution in [3.63, 3.8) is 0 Å². The molecule has 0 bridgehead atoms. The summed E-state index contributed by atoms with van der Waals surface area (Å²) < 4.78 is 0. The molecule has 2 heterocycles. The molecule has 2 aliphatic rings. The van der Waals surface area contributed by atoms with Crippen LogP contribution in [-0.2, 0) is 4.79 Å². The first-order chi connectivity index (χ1) is 8.18. The molecule has 2 fully saturated rings. The molecule has 2 atom stereocenters. The van der Waals surface area contributed by atoms with Gasteiger partial charge in [0.1, 0.15) is 0 Å². The smallest absolute Gasteiger partial charge is 0.307 e. The number of nitrogens with one attached hydrogen (secondary N) is 1. The summed E-state index contributed by atoms with van der Waals surface area (Å²) in [6.45, 7) is 6.34. The molecule has 0 aromatic heterocycles. The zero-order valence-electron chi connectivity index (χ0n) is 10.7. The topological polar surface area (TPSA) is 52.6 Å². The fourth-order valence-electron chi connectivity index (χ4n) is 3.20. The Balaban J connectivity index is 1.89. The van der Waals surface area contributed by atoms with E-state index in [0.29, 0.717) is 6.04 Å². The zero-order chi connectivity index (χ0) is 12.3. The van der Waals surface area contributed by atoms with E-state index in [-0.39, 0.29) is 5.92 Å². The van der Waals surface area contributed by atoms with Crippen molar-refractivity contribution in [1.82, 2.24) is 10.2 Å². The third kappa shape index (κ3) is 3.19. The number of nitrogens with zero attached hydrogens (tertiary/aromatic N) is 1. The van der Waals surface area contributed by atoms with Crippen LogP contribution in [-0.4, -0.2) is 48.2 Å². The second-order valence-corrected chi connectivity index (χ2v) is 5.50. The number of piperidine rings is 2. The van der Waals surface area contributed by atoms with Gasteiger partial charge < -0.3 is 10.4 Å². The van der Waals surface area contributed by atoms with Crippen molar-refractivity contribution in [2.75, 3.05) is 26.2 Å². The van der Waals surface area contributed by atoms with Gasteiger partial charge in [-0.2, -0.15) is 0 Å². The third-order valence-corrected chi connectivity index (χ3v) is 4.44. The van der Waals surface area contributed by atoms with Crippen molar-refractivity contribution in [1.29, 1.82) is 0 Å². The zero-order valence-corrected chi connectivity index (χ0v) is 10.7. The van der Waals surface area contributed by atoms with Crippen molar-refractivity contribution in [2.24, 2.45) is 11.8 Å². The highest BCUT2D eigenvalue weighted by atomic mass is 16.4. The van der Waals surface area contributed by atoms with Crippen molar-refractivity contribution in [3.05, 3.63) is 0 Å². The number of rotatable bonds is 3. The molecule has 0 aromatic carbocycles. The predicted octanol–water partition coefficient (Wildman–Crippen LogP) is 1.17. The fraction of sp³-hybridized carbons (Fsp3) is 0.923. The maximum absolute atomic E-state index is 11.1. The summed E-state index contributed by atoms with van der Waals surface area (Å²) in [5.74, 6) is -0.0241. The van der Waals surface area contributed by atoms with Gasteiger partial charge in [-0.05, 0) is 58.2 Å². The molecule has 0 aromatic rings. The fourth-order valence-corrected chi connectivity index (χ4v) is 3.20. The van der Waals surface area contributed by atoms with E-state index < -0.39 is 5.97 Å². The first-order valence-corrected chi connectivity index (χ1v) is 6.86. The average Bonchev–Trinajstić information content (AvgIpc) is 2.39. The maximum Gasteiger partial charge on any atom is 0.307 e. The second-order valence-electron chi connectivity index (χ2n) is 5.50. The van der Waals surface area contributed by atoms with Crippen LogP contribution in [0.3, 0.4) is 0 Å². The molecule has 0 spiro atoms. The first-order valence-electron chi connectivity index (χ1n) is 6.86. The molecule has 0 amide bonds. The van der Waals surface area contributed by atoms with Gasteiger partial charge in [0.2, 0.25) is 0 Å². The molecule has 4 heteroatoms. The van der Waals surface area contributed by atoms with Crippen LogP contribution in [0.5, 0.6) is 0 Å². The summed E-state index contributed by atoms with van der Waals surface area (Å²) in [7, 11) is 0. The Morgan fingerprint density at radius 1 is 1.35 bits per heavy atom. The lowest BCUT2D eigenvalue weighted by atomic mass is 9.88. The molecule has 2 unspecified atom stereocenters. The summed E-state index contributed by atoms with van der Waals surface area (Å²) >= 11 is 0. The summed E-state index contributed by atoms with van der Waals surface area (Å²) in [5.41, 5.74) is 0. The van der Waals surface area contributed by atoms with Crippen molar-refractivity contribution in [3.8, 4) is 0 Å². The summed E-state index contributed by atoms with van der Waals surface area (Å²) in [5, 5.41) is 12.5. The Kier molecular flexibility index (Phi) is 4.40. The van der Waals surface area contributed by atoms with E-state index in [2.05, 4.69) is 17.1 Å². The van der Waals surface area contributed by atoms with E-state index in [1.54, 1.807) is 0 Å². The molecule has 0 radical (unpaired) electrons. The Morgan fingerprint density at radius 3 is 2.71 bits per heavy atom. The maximum atomic E-state index is 11.1. The van der Waals surface area contributed by atoms with Crippen LogP contribution in [0, 0.1) is 11.8 Å². The van der Waals surface area contributed by atoms with E-state index >= 15 is 0 Å². The monoisotopic (exact) mass is 240 g/mol. The van der Waals surface area contributed by atoms with Gasteiger partial charge in [0.15, 0.2) is 0 Å². The van der Waals surface area contributed by atoms with E-state index in [0.717, 1.165) is 44.9 Å². The molecule has 0 aliphatic carbocycles. The molecule has 2 N–H and O–H groups in total. The van der Waals surface area contributed by atoms with Gasteiger partial charge in [-0.25, -0.2) is 0 Å². The molecule has 0 saturated carbocycles. The molecule has 4 nitrogen and oxygen atoms in total. The molecule has 2 saturated heterocycles. The minimum atomic E-state index is -0.618. The van der Waals surface area contributed by atoms with Crippen LogP contribution in [0.2, 0.25) is 0 Å². The van der Waals surface area contributed by atoms with Gasteiger partial charge in [-0.1, -0.05) is 0 Å². The average molecular weight is 240 g/mol. The molecule has 98 valence electrons. The number of hydrogen-bond acceptors (Lipinski definition) is 3. The van der Waals surface area contributed by atoms with Gasteiger partial charge >= 0.3 is 5.97 Å². The number of carboxylic acids is 1. The number of likely N-dealkylation sites (tertiary alicyclic amines) is 1. The lowest BCUT2D eigenvalue weighted by Crippen LogP contribution is -2.48. The number of carboxylic acid groups (broad SMARTS) is 1. The van der Waals surface area contributed by atoms with E-state index in [4.69, 9.17) is 5.11 Å². The van der Waals surface area contributed by atoms with Gasteiger partial charge in [-0.15, -0.1) is 0 Å². The molecule has 2 rings (SSSR count). The summed E-state index contributed by atoms with van der Waals surface area (Å²) in [6, 6.07) is 0.541. The van der Waals surface area contributed by atoms with Crippen molar-refractivity contribution in [2.45, 2.75) is 38.6 Å². The van der Waals surface area contributed by atoms with E-state index in [9.17, 15) is 4.79 Å². The van der Waals surface area contributed by atoms with Crippen molar-refractivity contribution < 1.29 is 9.90 Å². The highest BCUT2D eigenvalue weighted by Gasteiger charge is 2.31. The number of carbonyl (C=O) groups is 1. The minimum Gasteiger partial charge on any atom is -0.481 e. The Hall–Kier alpha value is -0.610. The molecule has 17 heavy (non-hydrogen) atoms. The largest absolute Gasteiger partial charge is 0.481 e. The highest BCUT2D eigenvalue weighted by molar-refractivity contribution is 5.70. The van der Waals surface area contributed by atoms with Crippen LogP contribution in [0.1, 0.15) is 32.6 Å². The quantitative estimate of drug-likeness (QED) is 0.777. The highest BCUT2D eigenvalue weighted by Crippen LogP contribution is 2.25. The summed E-state index contributed by atoms with van der Waals surface area (Å²) in [6.07, 6.45) is 4.35. The number of aliphatic carboxylic acids is 1. The Morgan fingerprint density at radius 2 is 2.06 bits per heavy atom. The van der Waals surface area contributed by atoms with Crippen LogP contribution in [0.4, 0.5) is 0 Å². The lowest BCUT2D eigenvalue weighted by molar-refractivity contribution is -0.144. The van der Waals surface area contributed by atoms with Gasteiger partial charge in [0, 0.05) is 12.6 Å². The molecular weight excluding hydrogens is 216 g/mol. The van der Waals surface area contributed by atoms with Crippen LogP contribution < -0.4 is 5.32 Å². The number of hydrogen-bond donors (Lipinski definition) is 2. The minimum absolute atomic E-state index is 0.145. The molecule has 2 aliphatic heterocycles. The van der Waals surface area contributed by atoms with Crippen LogP contribution in [0.25, 0.3) is 0 Å². The SMILES string of the molecule is CC(C1CCNCC1)N1CCCC(C(=O)O)C1. The second kappa shape index (κ2) is 5.83. The van der Waals surface area contributed by atoms with E-state index in [1.807, 2.05) is 0 Å². The predicted molar refractivity (Wildman–Crippen MR) is 67.0 cm³/mol. The molecular formula is C13H24N2O2. The first kappa shape index (κ1) is 12.8. The van der Waals surface area contributed by atoms with Crippen LogP contribution >= 0.6 is 0 Å². The lowest BCUT2D eigenvalue weighted by Gasteiger charge is -2.40. The van der Waals surface area contributed by atoms with Gasteiger partial charge in [0.05, 0.1) is 5.92 Å². The van der Waals surface area contributed by atoms with Gasteiger partial charge in [-0.3, -0.25) is 9.69 Å². The van der Waals surface area contributed by atoms with Gasteiger partial charge in [0.25, 0.3) is 0 Å². The Bertz CT molecular complexity index is 264. The third-order valence-electron chi connectivity index (χ3n) is 4.44. The normalized spacial score (nSPS) is 30.1. The standard InChI is InChI=1S/C13H24N2O2/c1-10(11-4-6-14-7-5-11)15-8-2-3-12(9-15)13(16)17/h10-12,14H,2-9H2,1H3,(H,16,17). The van der Waals surface area contributed by atoms with Crippen LogP contribution in [0.15, 0.2) is 0 Å². The Labute approximate surface area is 103 Å². The van der Waals surface area contributed by atoms with E-state index in [1.165, 1.54) is 12.8 Å². The van der Waals surface area contributed by atoms with Crippen molar-refractivity contribution >= 4 is 5.97 Å².